The van der Waals surface area contributed by atoms with Crippen LogP contribution in [0.1, 0.15) is 5.56 Å². The molecule has 19 heavy (non-hydrogen) atoms. The quantitative estimate of drug-likeness (QED) is 0.872. The first-order valence-electron chi connectivity index (χ1n) is 6.17. The smallest absolute Gasteiger partial charge is 0.138 e. The van der Waals surface area contributed by atoms with Gasteiger partial charge in [-0.25, -0.2) is 9.67 Å². The molecule has 0 bridgehead atoms. The van der Waals surface area contributed by atoms with E-state index in [2.05, 4.69) is 27.3 Å². The molecule has 102 valence electrons. The molecule has 1 aromatic carbocycles. The van der Waals surface area contributed by atoms with Crippen LogP contribution in [-0.4, -0.2) is 46.8 Å². The molecule has 0 aliphatic carbocycles. The Balaban J connectivity index is 2.20. The molecule has 6 heteroatoms. The van der Waals surface area contributed by atoms with Crippen molar-refractivity contribution in [2.24, 2.45) is 0 Å². The van der Waals surface area contributed by atoms with Gasteiger partial charge in [0.1, 0.15) is 12.7 Å². The van der Waals surface area contributed by atoms with Crippen LogP contribution in [0.3, 0.4) is 0 Å². The van der Waals surface area contributed by atoms with E-state index in [4.69, 9.17) is 11.6 Å². The maximum absolute atomic E-state index is 6.07. The maximum atomic E-state index is 6.07. The van der Waals surface area contributed by atoms with Gasteiger partial charge in [-0.3, -0.25) is 0 Å². The summed E-state index contributed by atoms with van der Waals surface area (Å²) >= 11 is 6.07. The first-order chi connectivity index (χ1) is 9.20. The number of nitrogens with zero attached hydrogens (tertiary/aromatic N) is 4. The summed E-state index contributed by atoms with van der Waals surface area (Å²) in [6.07, 6.45) is 3.21. The second-order valence-corrected chi connectivity index (χ2v) is 4.89. The molecular weight excluding hydrogens is 262 g/mol. The maximum Gasteiger partial charge on any atom is 0.138 e. The fourth-order valence-electron chi connectivity index (χ4n) is 1.89. The summed E-state index contributed by atoms with van der Waals surface area (Å²) in [6, 6.07) is 5.86. The van der Waals surface area contributed by atoms with E-state index in [1.54, 1.807) is 11.0 Å². The highest BCUT2D eigenvalue weighted by Gasteiger charge is 2.08. The van der Waals surface area contributed by atoms with E-state index in [0.29, 0.717) is 5.02 Å². The Bertz CT molecular complexity index is 512. The molecule has 0 aliphatic rings. The van der Waals surface area contributed by atoms with Gasteiger partial charge in [0.2, 0.25) is 0 Å². The molecule has 1 heterocycles. The Labute approximate surface area is 118 Å². The average Bonchev–Trinajstić information content (AvgIpc) is 2.92. The highest BCUT2D eigenvalue weighted by molar-refractivity contribution is 6.30. The van der Waals surface area contributed by atoms with Gasteiger partial charge in [-0.15, -0.1) is 0 Å². The largest absolute Gasteiger partial charge is 0.318 e. The van der Waals surface area contributed by atoms with Crippen LogP contribution in [0.25, 0.3) is 5.69 Å². The van der Waals surface area contributed by atoms with E-state index in [9.17, 15) is 0 Å². The Hall–Kier alpha value is -1.43. The van der Waals surface area contributed by atoms with Crippen LogP contribution in [0.4, 0.5) is 0 Å². The highest BCUT2D eigenvalue weighted by atomic mass is 35.5. The first-order valence-corrected chi connectivity index (χ1v) is 6.55. The van der Waals surface area contributed by atoms with Crippen LogP contribution in [0.2, 0.25) is 5.02 Å². The predicted octanol–water partition coefficient (Wildman–Crippen LogP) is 1.57. The number of aromatic nitrogens is 3. The van der Waals surface area contributed by atoms with Gasteiger partial charge in [0.25, 0.3) is 0 Å². The zero-order valence-electron chi connectivity index (χ0n) is 11.2. The van der Waals surface area contributed by atoms with Gasteiger partial charge in [0.15, 0.2) is 0 Å². The molecule has 0 aliphatic heterocycles. The third-order valence-corrected chi connectivity index (χ3v) is 3.13. The van der Waals surface area contributed by atoms with Crippen molar-refractivity contribution in [2.75, 3.05) is 27.2 Å². The standard InChI is InChI=1S/C13H18ClN5/c1-15-5-6-18(2)8-11-3-4-12(14)7-13(11)19-10-16-9-17-19/h3-4,7,9-10,15H,5-6,8H2,1-2H3. The Morgan fingerprint density at radius 3 is 2.95 bits per heavy atom. The lowest BCUT2D eigenvalue weighted by Gasteiger charge is -2.18. The van der Waals surface area contributed by atoms with E-state index < -0.39 is 0 Å². The molecule has 1 N–H and O–H groups in total. The normalized spacial score (nSPS) is 11.2. The minimum absolute atomic E-state index is 0.701. The summed E-state index contributed by atoms with van der Waals surface area (Å²) in [7, 11) is 4.05. The fourth-order valence-corrected chi connectivity index (χ4v) is 2.06. The number of rotatable bonds is 6. The molecule has 2 rings (SSSR count). The molecule has 0 fully saturated rings. The van der Waals surface area contributed by atoms with E-state index in [1.807, 2.05) is 25.2 Å². The van der Waals surface area contributed by atoms with Crippen LogP contribution < -0.4 is 5.32 Å². The van der Waals surface area contributed by atoms with Crippen LogP contribution >= 0.6 is 11.6 Å². The van der Waals surface area contributed by atoms with Crippen molar-refractivity contribution in [3.63, 3.8) is 0 Å². The number of nitrogens with one attached hydrogen (secondary N) is 1. The molecule has 0 saturated carbocycles. The molecule has 0 amide bonds. The molecular formula is C13H18ClN5. The third kappa shape index (κ3) is 3.76. The van der Waals surface area contributed by atoms with Crippen molar-refractivity contribution in [2.45, 2.75) is 6.54 Å². The van der Waals surface area contributed by atoms with E-state index in [1.165, 1.54) is 11.9 Å². The first kappa shape index (κ1) is 14.0. The Kier molecular flexibility index (Phi) is 4.90. The van der Waals surface area contributed by atoms with Crippen molar-refractivity contribution < 1.29 is 0 Å². The minimum Gasteiger partial charge on any atom is -0.318 e. The Morgan fingerprint density at radius 2 is 2.26 bits per heavy atom. The zero-order valence-corrected chi connectivity index (χ0v) is 11.9. The molecule has 0 saturated heterocycles. The van der Waals surface area contributed by atoms with Crippen molar-refractivity contribution in [3.05, 3.63) is 41.4 Å². The second kappa shape index (κ2) is 6.65. The van der Waals surface area contributed by atoms with Crippen molar-refractivity contribution in [1.29, 1.82) is 0 Å². The van der Waals surface area contributed by atoms with Crippen LogP contribution in [-0.2, 0) is 6.54 Å². The number of benzene rings is 1. The minimum atomic E-state index is 0.701. The SMILES string of the molecule is CNCCN(C)Cc1ccc(Cl)cc1-n1cncn1. The monoisotopic (exact) mass is 279 g/mol. The topological polar surface area (TPSA) is 46.0 Å². The molecule has 0 atom stereocenters. The van der Waals surface area contributed by atoms with Crippen molar-refractivity contribution in [3.8, 4) is 5.69 Å². The number of halogens is 1. The molecule has 2 aromatic rings. The summed E-state index contributed by atoms with van der Waals surface area (Å²) in [5.74, 6) is 0. The number of hydrogen-bond acceptors (Lipinski definition) is 4. The summed E-state index contributed by atoms with van der Waals surface area (Å²) in [4.78, 5) is 6.23. The zero-order chi connectivity index (χ0) is 13.7. The van der Waals surface area contributed by atoms with Gasteiger partial charge in [-0.2, -0.15) is 5.10 Å². The average molecular weight is 280 g/mol. The van der Waals surface area contributed by atoms with Crippen molar-refractivity contribution >= 4 is 11.6 Å². The number of likely N-dealkylation sites (N-methyl/N-ethyl adjacent to an activating group) is 2. The lowest BCUT2D eigenvalue weighted by molar-refractivity contribution is 0.327. The van der Waals surface area contributed by atoms with Gasteiger partial charge in [-0.1, -0.05) is 17.7 Å². The van der Waals surface area contributed by atoms with Crippen LogP contribution in [0.15, 0.2) is 30.9 Å². The molecule has 0 unspecified atom stereocenters. The van der Waals surface area contributed by atoms with Crippen LogP contribution in [0.5, 0.6) is 0 Å². The summed E-state index contributed by atoms with van der Waals surface area (Å²) < 4.78 is 1.74. The van der Waals surface area contributed by atoms with E-state index in [0.717, 1.165) is 25.3 Å². The van der Waals surface area contributed by atoms with E-state index >= 15 is 0 Å². The summed E-state index contributed by atoms with van der Waals surface area (Å²) in [6.45, 7) is 2.78. The molecule has 1 aromatic heterocycles. The lowest BCUT2D eigenvalue weighted by Crippen LogP contribution is -2.27. The van der Waals surface area contributed by atoms with Gasteiger partial charge in [0, 0.05) is 24.7 Å². The summed E-state index contributed by atoms with van der Waals surface area (Å²) in [5.41, 5.74) is 2.15. The second-order valence-electron chi connectivity index (χ2n) is 4.45. The van der Waals surface area contributed by atoms with Crippen LogP contribution in [0, 0.1) is 0 Å². The van der Waals surface area contributed by atoms with Crippen molar-refractivity contribution in [1.82, 2.24) is 25.0 Å². The lowest BCUT2D eigenvalue weighted by atomic mass is 10.1. The van der Waals surface area contributed by atoms with Gasteiger partial charge >= 0.3 is 0 Å². The molecule has 0 radical (unpaired) electrons. The third-order valence-electron chi connectivity index (χ3n) is 2.90. The highest BCUT2D eigenvalue weighted by Crippen LogP contribution is 2.20. The number of hydrogen-bond donors (Lipinski definition) is 1. The van der Waals surface area contributed by atoms with Gasteiger partial charge in [0.05, 0.1) is 5.69 Å². The predicted molar refractivity (Wildman–Crippen MR) is 76.6 cm³/mol. The Morgan fingerprint density at radius 1 is 1.42 bits per heavy atom. The van der Waals surface area contributed by atoms with E-state index in [-0.39, 0.29) is 0 Å². The van der Waals surface area contributed by atoms with Gasteiger partial charge < -0.3 is 10.2 Å². The fraction of sp³-hybridized carbons (Fsp3) is 0.385. The molecule has 5 nitrogen and oxygen atoms in total. The van der Waals surface area contributed by atoms with Gasteiger partial charge in [-0.05, 0) is 31.8 Å². The molecule has 0 spiro atoms. The summed E-state index contributed by atoms with van der Waals surface area (Å²) in [5, 5.41) is 8.02.